The van der Waals surface area contributed by atoms with E-state index < -0.39 is 5.41 Å². The second kappa shape index (κ2) is 13.4. The third-order valence-corrected chi connectivity index (χ3v) is 13.0. The molecule has 11 aromatic rings. The van der Waals surface area contributed by atoms with E-state index in [1.165, 1.54) is 55.6 Å². The number of rotatable bonds is 4. The highest BCUT2D eigenvalue weighted by atomic mass is 16.3. The Hall–Kier alpha value is -8.21. The first-order valence-corrected chi connectivity index (χ1v) is 21.1. The lowest BCUT2D eigenvalue weighted by atomic mass is 9.66. The van der Waals surface area contributed by atoms with Gasteiger partial charge in [-0.1, -0.05) is 182 Å². The molecule has 2 aliphatic carbocycles. The Morgan fingerprint density at radius 1 is 0.274 bits per heavy atom. The highest BCUT2D eigenvalue weighted by Crippen LogP contribution is 2.61. The molecule has 0 N–H and O–H groups in total. The molecule has 4 nitrogen and oxygen atoms in total. The molecule has 62 heavy (non-hydrogen) atoms. The van der Waals surface area contributed by atoms with E-state index in [0.29, 0.717) is 17.5 Å². The van der Waals surface area contributed by atoms with E-state index in [9.17, 15) is 0 Å². The summed E-state index contributed by atoms with van der Waals surface area (Å²) in [6, 6.07) is 75.9. The summed E-state index contributed by atoms with van der Waals surface area (Å²) in [5.74, 6) is 1.83. The van der Waals surface area contributed by atoms with Gasteiger partial charge >= 0.3 is 0 Å². The highest BCUT2D eigenvalue weighted by Gasteiger charge is 2.49. The van der Waals surface area contributed by atoms with E-state index in [-0.39, 0.29) is 0 Å². The molecule has 0 atom stereocenters. The summed E-state index contributed by atoms with van der Waals surface area (Å²) >= 11 is 0. The Labute approximate surface area is 358 Å². The van der Waals surface area contributed by atoms with Crippen LogP contribution in [0.5, 0.6) is 0 Å². The van der Waals surface area contributed by atoms with Crippen molar-refractivity contribution in [3.8, 4) is 78.7 Å². The smallest absolute Gasteiger partial charge is 0.164 e. The van der Waals surface area contributed by atoms with Crippen LogP contribution in [0, 0.1) is 0 Å². The SMILES string of the molecule is c1ccc(-c2ccc(-c3nc(-c4ccc5c(c4)-c4ccccc4C54c5ccccc5-c5ccccc5-c5ccccc54)nc(-c4ccc5oc6ccccc6c5c4)n3)cc2)cc1. The van der Waals surface area contributed by atoms with Crippen molar-refractivity contribution in [1.82, 2.24) is 15.0 Å². The number of hydrogen-bond donors (Lipinski definition) is 0. The lowest BCUT2D eigenvalue weighted by molar-refractivity contribution is 0.669. The second-order valence-corrected chi connectivity index (χ2v) is 16.3. The van der Waals surface area contributed by atoms with Crippen LogP contribution < -0.4 is 0 Å². The molecule has 13 rings (SSSR count). The van der Waals surface area contributed by atoms with Gasteiger partial charge in [0.15, 0.2) is 17.5 Å². The van der Waals surface area contributed by atoms with Gasteiger partial charge in [0.05, 0.1) is 5.41 Å². The van der Waals surface area contributed by atoms with Crippen LogP contribution >= 0.6 is 0 Å². The summed E-state index contributed by atoms with van der Waals surface area (Å²) in [4.78, 5) is 15.7. The van der Waals surface area contributed by atoms with Gasteiger partial charge < -0.3 is 4.42 Å². The molecule has 2 aromatic heterocycles. The van der Waals surface area contributed by atoms with Gasteiger partial charge in [-0.3, -0.25) is 0 Å². The van der Waals surface area contributed by atoms with Crippen LogP contribution in [0.25, 0.3) is 101 Å². The lowest BCUT2D eigenvalue weighted by Gasteiger charge is -2.35. The number of hydrogen-bond acceptors (Lipinski definition) is 4. The maximum Gasteiger partial charge on any atom is 0.164 e. The fourth-order valence-electron chi connectivity index (χ4n) is 10.3. The number of nitrogens with zero attached hydrogens (tertiary/aromatic N) is 3. The normalized spacial score (nSPS) is 13.0. The van der Waals surface area contributed by atoms with Gasteiger partial charge in [0.25, 0.3) is 0 Å². The molecule has 0 unspecified atom stereocenters. The maximum absolute atomic E-state index is 6.21. The highest BCUT2D eigenvalue weighted by molar-refractivity contribution is 6.06. The van der Waals surface area contributed by atoms with E-state index >= 15 is 0 Å². The van der Waals surface area contributed by atoms with Crippen LogP contribution in [0.3, 0.4) is 0 Å². The standard InChI is InChI=1S/C58H35N3O/c1-2-14-36(15-3-1)37-26-28-38(29-27-37)55-59-56(61-57(60-55)40-31-33-54-48(35-40)46-21-9-13-25-53(46)62-54)39-30-32-52-47(34-39)45-20-8-12-24-51(45)58(52)49-22-10-6-18-43(49)41-16-4-5-17-42(41)44-19-7-11-23-50(44)58/h1-35H. The zero-order valence-electron chi connectivity index (χ0n) is 33.5. The van der Waals surface area contributed by atoms with Crippen LogP contribution in [-0.2, 0) is 5.41 Å². The molecule has 4 heteroatoms. The lowest BCUT2D eigenvalue weighted by Crippen LogP contribution is -2.29. The van der Waals surface area contributed by atoms with Gasteiger partial charge in [0.1, 0.15) is 11.2 Å². The number of benzene rings is 9. The van der Waals surface area contributed by atoms with Crippen molar-refractivity contribution >= 4 is 21.9 Å². The minimum atomic E-state index is -0.560. The molecule has 0 fully saturated rings. The van der Waals surface area contributed by atoms with Crippen molar-refractivity contribution in [3.05, 3.63) is 235 Å². The molecular weight excluding hydrogens is 755 g/mol. The summed E-state index contributed by atoms with van der Waals surface area (Å²) in [7, 11) is 0. The predicted octanol–water partition coefficient (Wildman–Crippen LogP) is 14.4. The maximum atomic E-state index is 6.21. The molecule has 1 spiro atoms. The van der Waals surface area contributed by atoms with Crippen molar-refractivity contribution in [2.75, 3.05) is 0 Å². The molecule has 0 bridgehead atoms. The summed E-state index contributed by atoms with van der Waals surface area (Å²) in [6.07, 6.45) is 0. The summed E-state index contributed by atoms with van der Waals surface area (Å²) in [6.45, 7) is 0. The minimum absolute atomic E-state index is 0.560. The first-order valence-electron chi connectivity index (χ1n) is 21.1. The molecule has 2 aliphatic rings. The van der Waals surface area contributed by atoms with Gasteiger partial charge in [-0.2, -0.15) is 0 Å². The summed E-state index contributed by atoms with van der Waals surface area (Å²) in [5, 5.41) is 2.09. The van der Waals surface area contributed by atoms with Crippen molar-refractivity contribution in [2.24, 2.45) is 0 Å². The van der Waals surface area contributed by atoms with Crippen LogP contribution in [0.4, 0.5) is 0 Å². The van der Waals surface area contributed by atoms with Crippen molar-refractivity contribution in [2.45, 2.75) is 5.41 Å². The van der Waals surface area contributed by atoms with Gasteiger partial charge in [-0.05, 0) is 97.1 Å². The molecule has 288 valence electrons. The molecule has 0 radical (unpaired) electrons. The first kappa shape index (κ1) is 34.6. The quantitative estimate of drug-likeness (QED) is 0.178. The minimum Gasteiger partial charge on any atom is -0.456 e. The predicted molar refractivity (Wildman–Crippen MR) is 251 cm³/mol. The third kappa shape index (κ3) is 5.04. The Balaban J connectivity index is 1.03. The van der Waals surface area contributed by atoms with Gasteiger partial charge in [-0.15, -0.1) is 0 Å². The molecule has 0 saturated carbocycles. The Morgan fingerprint density at radius 2 is 0.694 bits per heavy atom. The Morgan fingerprint density at radius 3 is 1.34 bits per heavy atom. The van der Waals surface area contributed by atoms with Crippen LogP contribution in [-0.4, -0.2) is 15.0 Å². The van der Waals surface area contributed by atoms with Gasteiger partial charge in [-0.25, -0.2) is 15.0 Å². The van der Waals surface area contributed by atoms with Crippen LogP contribution in [0.2, 0.25) is 0 Å². The zero-order chi connectivity index (χ0) is 40.8. The number of fused-ring (bicyclic) bond motifs is 15. The zero-order valence-corrected chi connectivity index (χ0v) is 33.5. The Kier molecular flexibility index (Phi) is 7.49. The fraction of sp³-hybridized carbons (Fsp3) is 0.0172. The number of aromatic nitrogens is 3. The Bertz CT molecular complexity index is 3520. The summed E-state index contributed by atoms with van der Waals surface area (Å²) < 4.78 is 6.21. The first-order chi connectivity index (χ1) is 30.7. The van der Waals surface area contributed by atoms with Gasteiger partial charge in [0, 0.05) is 27.5 Å². The molecule has 2 heterocycles. The van der Waals surface area contributed by atoms with E-state index in [2.05, 4.69) is 176 Å². The van der Waals surface area contributed by atoms with Crippen LogP contribution in [0.1, 0.15) is 22.3 Å². The third-order valence-electron chi connectivity index (χ3n) is 13.0. The van der Waals surface area contributed by atoms with Crippen molar-refractivity contribution in [1.29, 1.82) is 0 Å². The number of furan rings is 1. The van der Waals surface area contributed by atoms with E-state index in [4.69, 9.17) is 19.4 Å². The van der Waals surface area contributed by atoms with Gasteiger partial charge in [0.2, 0.25) is 0 Å². The molecule has 0 amide bonds. The molecule has 9 aromatic carbocycles. The molecular formula is C58H35N3O. The largest absolute Gasteiger partial charge is 0.456 e. The van der Waals surface area contributed by atoms with Crippen molar-refractivity contribution < 1.29 is 4.42 Å². The van der Waals surface area contributed by atoms with E-state index in [1.807, 2.05) is 36.4 Å². The topological polar surface area (TPSA) is 51.8 Å². The molecule has 0 aliphatic heterocycles. The van der Waals surface area contributed by atoms with E-state index in [1.54, 1.807) is 0 Å². The van der Waals surface area contributed by atoms with E-state index in [0.717, 1.165) is 49.8 Å². The average Bonchev–Trinajstić information content (AvgIpc) is 3.84. The monoisotopic (exact) mass is 789 g/mol. The number of para-hydroxylation sites is 1. The van der Waals surface area contributed by atoms with Crippen molar-refractivity contribution in [3.63, 3.8) is 0 Å². The second-order valence-electron chi connectivity index (χ2n) is 16.3. The fourth-order valence-corrected chi connectivity index (χ4v) is 10.3. The summed E-state index contributed by atoms with van der Waals surface area (Å²) in [5.41, 5.74) is 18.6. The average molecular weight is 790 g/mol. The van der Waals surface area contributed by atoms with Crippen LogP contribution in [0.15, 0.2) is 217 Å². The molecule has 0 saturated heterocycles.